The van der Waals surface area contributed by atoms with Gasteiger partial charge in [-0.15, -0.1) is 0 Å². The summed E-state index contributed by atoms with van der Waals surface area (Å²) in [6.45, 7) is 3.02. The molecule has 2 aromatic rings. The fourth-order valence-corrected chi connectivity index (χ4v) is 4.46. The van der Waals surface area contributed by atoms with Gasteiger partial charge in [0.05, 0.1) is 11.2 Å². The maximum Gasteiger partial charge on any atom is 0.246 e. The largest absolute Gasteiger partial charge is 0.383 e. The Bertz CT molecular complexity index is 929. The molecule has 1 aliphatic heterocycles. The molecule has 1 atom stereocenters. The molecular formula is C15H19ClN6O3S. The van der Waals surface area contributed by atoms with Crippen LogP contribution >= 0.6 is 11.6 Å². The highest BCUT2D eigenvalue weighted by molar-refractivity contribution is 7.89. The minimum Gasteiger partial charge on any atom is -0.383 e. The van der Waals surface area contributed by atoms with E-state index in [1.54, 1.807) is 21.8 Å². The number of hydrogen-bond acceptors (Lipinski definition) is 6. The number of pyridine rings is 1. The number of nitrogen functional groups attached to an aromatic ring is 1. The molecule has 1 fully saturated rings. The van der Waals surface area contributed by atoms with Crippen LogP contribution in [0.4, 0.5) is 11.6 Å². The number of aryl methyl sites for hydroxylation is 1. The first-order valence-corrected chi connectivity index (χ1v) is 9.96. The van der Waals surface area contributed by atoms with Crippen molar-refractivity contribution < 1.29 is 13.2 Å². The normalized spacial score (nSPS) is 18.3. The van der Waals surface area contributed by atoms with Crippen molar-refractivity contribution in [3.8, 4) is 0 Å². The smallest absolute Gasteiger partial charge is 0.246 e. The second kappa shape index (κ2) is 7.22. The Balaban J connectivity index is 1.85. The van der Waals surface area contributed by atoms with E-state index in [1.807, 2.05) is 6.92 Å². The van der Waals surface area contributed by atoms with E-state index in [0.717, 1.165) is 0 Å². The maximum absolute atomic E-state index is 12.8. The third-order valence-electron chi connectivity index (χ3n) is 4.14. The Morgan fingerprint density at radius 3 is 2.96 bits per heavy atom. The van der Waals surface area contributed by atoms with Gasteiger partial charge in [-0.1, -0.05) is 11.6 Å². The molecule has 3 rings (SSSR count). The second-order valence-electron chi connectivity index (χ2n) is 5.85. The molecule has 0 spiro atoms. The Labute approximate surface area is 156 Å². The van der Waals surface area contributed by atoms with Crippen molar-refractivity contribution in [2.75, 3.05) is 17.2 Å². The molecule has 0 saturated carbocycles. The van der Waals surface area contributed by atoms with Crippen molar-refractivity contribution in [1.29, 1.82) is 0 Å². The standard InChI is InChI=1S/C15H19ClN6O3S/c1-2-22-13(5-6-19-22)21-7-3-4-11(15(21)23)20-26(24,25)12-8-10(16)9-18-14(12)17/h5-6,8-9,11,20H,2-4,7H2,1H3,(H2,17,18). The van der Waals surface area contributed by atoms with Gasteiger partial charge in [-0.25, -0.2) is 18.1 Å². The minimum absolute atomic E-state index is 0.142. The zero-order valence-corrected chi connectivity index (χ0v) is 15.7. The Morgan fingerprint density at radius 2 is 2.23 bits per heavy atom. The molecule has 9 nitrogen and oxygen atoms in total. The number of anilines is 2. The number of aromatic nitrogens is 3. The van der Waals surface area contributed by atoms with Crippen LogP contribution in [0.15, 0.2) is 29.4 Å². The molecule has 3 heterocycles. The van der Waals surface area contributed by atoms with E-state index in [-0.39, 0.29) is 21.6 Å². The lowest BCUT2D eigenvalue weighted by Gasteiger charge is -2.32. The molecule has 1 aliphatic rings. The van der Waals surface area contributed by atoms with Gasteiger partial charge in [0.1, 0.15) is 22.6 Å². The van der Waals surface area contributed by atoms with Gasteiger partial charge in [0.2, 0.25) is 15.9 Å². The summed E-state index contributed by atoms with van der Waals surface area (Å²) in [6, 6.07) is 2.05. The average molecular weight is 399 g/mol. The van der Waals surface area contributed by atoms with E-state index >= 15 is 0 Å². The Hall–Kier alpha value is -2.17. The van der Waals surface area contributed by atoms with Crippen molar-refractivity contribution in [2.45, 2.75) is 37.2 Å². The third kappa shape index (κ3) is 3.53. The van der Waals surface area contributed by atoms with Crippen LogP contribution in [0.5, 0.6) is 0 Å². The van der Waals surface area contributed by atoms with Crippen molar-refractivity contribution >= 4 is 39.2 Å². The van der Waals surface area contributed by atoms with Gasteiger partial charge in [-0.3, -0.25) is 9.69 Å². The highest BCUT2D eigenvalue weighted by atomic mass is 35.5. The lowest BCUT2D eigenvalue weighted by atomic mass is 10.1. The number of carbonyl (C=O) groups is 1. The lowest BCUT2D eigenvalue weighted by Crippen LogP contribution is -2.52. The van der Waals surface area contributed by atoms with E-state index < -0.39 is 16.1 Å². The zero-order chi connectivity index (χ0) is 18.9. The van der Waals surface area contributed by atoms with Gasteiger partial charge in [-0.2, -0.15) is 9.82 Å². The summed E-state index contributed by atoms with van der Waals surface area (Å²) in [5.41, 5.74) is 5.66. The molecular weight excluding hydrogens is 380 g/mol. The fourth-order valence-electron chi connectivity index (χ4n) is 2.91. The van der Waals surface area contributed by atoms with Gasteiger partial charge in [0, 0.05) is 25.4 Å². The number of sulfonamides is 1. The number of hydrogen-bond donors (Lipinski definition) is 2. The number of nitrogens with one attached hydrogen (secondary N) is 1. The monoisotopic (exact) mass is 398 g/mol. The molecule has 140 valence electrons. The van der Waals surface area contributed by atoms with Gasteiger partial charge < -0.3 is 5.73 Å². The molecule has 0 aromatic carbocycles. The summed E-state index contributed by atoms with van der Waals surface area (Å²) in [7, 11) is -4.05. The summed E-state index contributed by atoms with van der Waals surface area (Å²) in [6.07, 6.45) is 3.91. The lowest BCUT2D eigenvalue weighted by molar-refractivity contribution is -0.121. The molecule has 3 N–H and O–H groups in total. The van der Waals surface area contributed by atoms with Crippen LogP contribution in [0.2, 0.25) is 5.02 Å². The highest BCUT2D eigenvalue weighted by Crippen LogP contribution is 2.24. The van der Waals surface area contributed by atoms with Crippen LogP contribution < -0.4 is 15.4 Å². The maximum atomic E-state index is 12.8. The van der Waals surface area contributed by atoms with Crippen LogP contribution in [0.25, 0.3) is 0 Å². The minimum atomic E-state index is -4.05. The molecule has 2 aromatic heterocycles. The molecule has 1 unspecified atom stereocenters. The Morgan fingerprint density at radius 1 is 1.46 bits per heavy atom. The summed E-state index contributed by atoms with van der Waals surface area (Å²) in [4.78, 5) is 17.9. The summed E-state index contributed by atoms with van der Waals surface area (Å²) >= 11 is 5.82. The third-order valence-corrected chi connectivity index (χ3v) is 5.85. The van der Waals surface area contributed by atoms with E-state index in [0.29, 0.717) is 31.7 Å². The molecule has 26 heavy (non-hydrogen) atoms. The second-order valence-corrected chi connectivity index (χ2v) is 7.97. The molecule has 0 aliphatic carbocycles. The summed E-state index contributed by atoms with van der Waals surface area (Å²) in [5.74, 6) is 0.139. The summed E-state index contributed by atoms with van der Waals surface area (Å²) in [5, 5.41) is 4.30. The van der Waals surface area contributed by atoms with Crippen molar-refractivity contribution in [3.63, 3.8) is 0 Å². The molecule has 1 amide bonds. The van der Waals surface area contributed by atoms with Crippen LogP contribution in [0.1, 0.15) is 19.8 Å². The topological polar surface area (TPSA) is 123 Å². The Kier molecular flexibility index (Phi) is 5.17. The fraction of sp³-hybridized carbons (Fsp3) is 0.400. The van der Waals surface area contributed by atoms with E-state index in [4.69, 9.17) is 17.3 Å². The van der Waals surface area contributed by atoms with Gasteiger partial charge in [-0.05, 0) is 25.8 Å². The van der Waals surface area contributed by atoms with Gasteiger partial charge in [0.25, 0.3) is 0 Å². The number of piperidine rings is 1. The summed E-state index contributed by atoms with van der Waals surface area (Å²) < 4.78 is 29.4. The van der Waals surface area contributed by atoms with Crippen LogP contribution in [-0.4, -0.2) is 41.7 Å². The number of carbonyl (C=O) groups excluding carboxylic acids is 1. The predicted molar refractivity (Wildman–Crippen MR) is 97.3 cm³/mol. The van der Waals surface area contributed by atoms with Crippen LogP contribution in [-0.2, 0) is 21.4 Å². The molecule has 0 radical (unpaired) electrons. The van der Waals surface area contributed by atoms with Crippen molar-refractivity contribution in [2.24, 2.45) is 0 Å². The van der Waals surface area contributed by atoms with Crippen LogP contribution in [0, 0.1) is 0 Å². The molecule has 0 bridgehead atoms. The van der Waals surface area contributed by atoms with Gasteiger partial charge >= 0.3 is 0 Å². The first kappa shape index (κ1) is 18.6. The number of halogens is 1. The average Bonchev–Trinajstić information content (AvgIpc) is 3.07. The predicted octanol–water partition coefficient (Wildman–Crippen LogP) is 1.01. The quantitative estimate of drug-likeness (QED) is 0.774. The molecule has 11 heteroatoms. The van der Waals surface area contributed by atoms with Crippen molar-refractivity contribution in [3.05, 3.63) is 29.5 Å². The number of rotatable bonds is 5. The first-order valence-electron chi connectivity index (χ1n) is 8.10. The SMILES string of the molecule is CCn1nccc1N1CCCC(NS(=O)(=O)c2cc(Cl)cnc2N)C1=O. The van der Waals surface area contributed by atoms with Crippen LogP contribution in [0.3, 0.4) is 0 Å². The van der Waals surface area contributed by atoms with Crippen molar-refractivity contribution in [1.82, 2.24) is 19.5 Å². The van der Waals surface area contributed by atoms with Gasteiger partial charge in [0.15, 0.2) is 0 Å². The zero-order valence-electron chi connectivity index (χ0n) is 14.1. The number of nitrogens with two attached hydrogens (primary N) is 1. The number of nitrogens with zero attached hydrogens (tertiary/aromatic N) is 4. The highest BCUT2D eigenvalue weighted by Gasteiger charge is 2.35. The number of amides is 1. The van der Waals surface area contributed by atoms with E-state index in [2.05, 4.69) is 14.8 Å². The first-order chi connectivity index (χ1) is 12.3. The molecule has 1 saturated heterocycles. The van der Waals surface area contributed by atoms with E-state index in [9.17, 15) is 13.2 Å². The van der Waals surface area contributed by atoms with E-state index in [1.165, 1.54) is 12.3 Å².